The van der Waals surface area contributed by atoms with Crippen molar-refractivity contribution in [2.24, 2.45) is 0 Å². The second-order valence-electron chi connectivity index (χ2n) is 4.93. The van der Waals surface area contributed by atoms with Gasteiger partial charge in [-0.25, -0.2) is 0 Å². The minimum Gasteiger partial charge on any atom is -0.394 e. The quantitative estimate of drug-likeness (QED) is 0.642. The molecule has 1 aromatic heterocycles. The highest BCUT2D eigenvalue weighted by atomic mass is 16.6. The summed E-state index contributed by atoms with van der Waals surface area (Å²) in [5.41, 5.74) is -0.132. The largest absolute Gasteiger partial charge is 0.394 e. The number of carbonyl (C=O) groups is 1. The van der Waals surface area contributed by atoms with Crippen LogP contribution >= 0.6 is 0 Å². The summed E-state index contributed by atoms with van der Waals surface area (Å²) in [6, 6.07) is -0.157. The Balaban J connectivity index is 2.03. The monoisotopic (exact) mass is 282 g/mol. The van der Waals surface area contributed by atoms with Gasteiger partial charge in [0.05, 0.1) is 17.6 Å². The molecule has 20 heavy (non-hydrogen) atoms. The zero-order chi connectivity index (χ0) is 14.5. The Bertz CT molecular complexity index is 488. The normalized spacial score (nSPS) is 19.6. The molecule has 1 amide bonds. The number of aliphatic hydroxyl groups is 1. The van der Waals surface area contributed by atoms with Gasteiger partial charge < -0.3 is 10.0 Å². The van der Waals surface area contributed by atoms with E-state index in [-0.39, 0.29) is 30.8 Å². The number of nitrogens with zero attached hydrogens (tertiary/aromatic N) is 4. The van der Waals surface area contributed by atoms with Gasteiger partial charge in [-0.2, -0.15) is 5.10 Å². The van der Waals surface area contributed by atoms with Crippen molar-refractivity contribution in [3.63, 3.8) is 0 Å². The van der Waals surface area contributed by atoms with Crippen molar-refractivity contribution in [2.45, 2.75) is 38.3 Å². The molecule has 2 rings (SSSR count). The lowest BCUT2D eigenvalue weighted by Gasteiger charge is -2.28. The van der Waals surface area contributed by atoms with Crippen LogP contribution in [0.25, 0.3) is 0 Å². The first-order chi connectivity index (χ1) is 9.61. The number of nitro groups is 1. The zero-order valence-corrected chi connectivity index (χ0v) is 11.1. The highest BCUT2D eigenvalue weighted by Crippen LogP contribution is 2.17. The van der Waals surface area contributed by atoms with E-state index in [1.807, 2.05) is 0 Å². The van der Waals surface area contributed by atoms with Crippen molar-refractivity contribution in [3.8, 4) is 0 Å². The van der Waals surface area contributed by atoms with Gasteiger partial charge in [0.1, 0.15) is 18.9 Å². The SMILES string of the molecule is O=C(Cn1cc([N+](=O)[O-])cn1)N1CCCCCC1CO. The van der Waals surface area contributed by atoms with Crippen molar-refractivity contribution in [2.75, 3.05) is 13.2 Å². The highest BCUT2D eigenvalue weighted by molar-refractivity contribution is 5.76. The van der Waals surface area contributed by atoms with Gasteiger partial charge in [0, 0.05) is 6.54 Å². The molecule has 8 nitrogen and oxygen atoms in total. The van der Waals surface area contributed by atoms with E-state index in [1.54, 1.807) is 4.90 Å². The van der Waals surface area contributed by atoms with Gasteiger partial charge in [-0.15, -0.1) is 0 Å². The number of aromatic nitrogens is 2. The molecule has 0 saturated carbocycles. The van der Waals surface area contributed by atoms with E-state index in [1.165, 1.54) is 10.9 Å². The second kappa shape index (κ2) is 6.47. The second-order valence-corrected chi connectivity index (χ2v) is 4.93. The minimum absolute atomic E-state index is 0.0374. The summed E-state index contributed by atoms with van der Waals surface area (Å²) in [5, 5.41) is 23.8. The minimum atomic E-state index is -0.545. The molecular weight excluding hydrogens is 264 g/mol. The molecule has 2 heterocycles. The summed E-state index contributed by atoms with van der Waals surface area (Å²) in [6.07, 6.45) is 6.13. The topological polar surface area (TPSA) is 102 Å². The predicted octanol–water partition coefficient (Wildman–Crippen LogP) is 0.555. The smallest absolute Gasteiger partial charge is 0.307 e. The molecule has 8 heteroatoms. The average molecular weight is 282 g/mol. The van der Waals surface area contributed by atoms with Crippen LogP contribution in [0.2, 0.25) is 0 Å². The number of rotatable bonds is 4. The van der Waals surface area contributed by atoms with Gasteiger partial charge in [-0.3, -0.25) is 19.6 Å². The Hall–Kier alpha value is -1.96. The molecule has 1 atom stereocenters. The summed E-state index contributed by atoms with van der Waals surface area (Å²) < 4.78 is 1.26. The van der Waals surface area contributed by atoms with Gasteiger partial charge in [-0.1, -0.05) is 12.8 Å². The summed E-state index contributed by atoms with van der Waals surface area (Å²) >= 11 is 0. The molecular formula is C12H18N4O4. The molecule has 1 aromatic rings. The van der Waals surface area contributed by atoms with Gasteiger partial charge in [0.15, 0.2) is 0 Å². The van der Waals surface area contributed by atoms with Crippen LogP contribution in [0.1, 0.15) is 25.7 Å². The number of hydrogen-bond donors (Lipinski definition) is 1. The molecule has 1 unspecified atom stereocenters. The Kier molecular flexibility index (Phi) is 4.67. The number of hydrogen-bond acceptors (Lipinski definition) is 5. The van der Waals surface area contributed by atoms with Crippen molar-refractivity contribution >= 4 is 11.6 Å². The van der Waals surface area contributed by atoms with Crippen LogP contribution < -0.4 is 0 Å². The van der Waals surface area contributed by atoms with E-state index < -0.39 is 4.92 Å². The van der Waals surface area contributed by atoms with E-state index in [0.29, 0.717) is 6.54 Å². The third kappa shape index (κ3) is 3.32. The van der Waals surface area contributed by atoms with Gasteiger partial charge in [0.25, 0.3) is 0 Å². The fraction of sp³-hybridized carbons (Fsp3) is 0.667. The Morgan fingerprint density at radius 3 is 2.95 bits per heavy atom. The molecule has 0 bridgehead atoms. The van der Waals surface area contributed by atoms with E-state index >= 15 is 0 Å². The third-order valence-corrected chi connectivity index (χ3v) is 3.54. The fourth-order valence-electron chi connectivity index (χ4n) is 2.46. The molecule has 0 aliphatic carbocycles. The first-order valence-electron chi connectivity index (χ1n) is 6.69. The molecule has 0 radical (unpaired) electrons. The van der Waals surface area contributed by atoms with E-state index in [2.05, 4.69) is 5.10 Å². The summed E-state index contributed by atoms with van der Waals surface area (Å²) in [4.78, 5) is 23.9. The molecule has 1 aliphatic rings. The molecule has 0 spiro atoms. The van der Waals surface area contributed by atoms with E-state index in [0.717, 1.165) is 31.9 Å². The lowest BCUT2D eigenvalue weighted by Crippen LogP contribution is -2.43. The molecule has 1 fully saturated rings. The standard InChI is InChI=1S/C12H18N4O4/c17-9-10-4-2-1-3-5-15(10)12(18)8-14-7-11(6-13-14)16(19)20/h6-7,10,17H,1-5,8-9H2. The fourth-order valence-corrected chi connectivity index (χ4v) is 2.46. The summed E-state index contributed by atoms with van der Waals surface area (Å²) in [6.45, 7) is 0.531. The first kappa shape index (κ1) is 14.4. The van der Waals surface area contributed by atoms with Crippen molar-refractivity contribution in [3.05, 3.63) is 22.5 Å². The van der Waals surface area contributed by atoms with Crippen LogP contribution in [-0.4, -0.2) is 49.8 Å². The summed E-state index contributed by atoms with van der Waals surface area (Å²) in [7, 11) is 0. The Morgan fingerprint density at radius 1 is 1.50 bits per heavy atom. The molecule has 1 N–H and O–H groups in total. The summed E-state index contributed by atoms with van der Waals surface area (Å²) in [5.74, 6) is -0.163. The Labute approximate surface area is 116 Å². The predicted molar refractivity (Wildman–Crippen MR) is 69.9 cm³/mol. The zero-order valence-electron chi connectivity index (χ0n) is 11.1. The molecule has 110 valence electrons. The number of aliphatic hydroxyl groups excluding tert-OH is 1. The maximum absolute atomic E-state index is 12.3. The van der Waals surface area contributed by atoms with Crippen LogP contribution in [0.5, 0.6) is 0 Å². The van der Waals surface area contributed by atoms with E-state index in [4.69, 9.17) is 0 Å². The van der Waals surface area contributed by atoms with Gasteiger partial charge in [-0.05, 0) is 12.8 Å². The Morgan fingerprint density at radius 2 is 2.30 bits per heavy atom. The number of carbonyl (C=O) groups excluding carboxylic acids is 1. The number of likely N-dealkylation sites (tertiary alicyclic amines) is 1. The van der Waals surface area contributed by atoms with E-state index in [9.17, 15) is 20.0 Å². The van der Waals surface area contributed by atoms with Gasteiger partial charge >= 0.3 is 5.69 Å². The van der Waals surface area contributed by atoms with Crippen molar-refractivity contribution in [1.82, 2.24) is 14.7 Å². The van der Waals surface area contributed by atoms with Crippen molar-refractivity contribution in [1.29, 1.82) is 0 Å². The maximum atomic E-state index is 12.3. The molecule has 0 aromatic carbocycles. The maximum Gasteiger partial charge on any atom is 0.307 e. The van der Waals surface area contributed by atoms with Crippen LogP contribution in [-0.2, 0) is 11.3 Å². The molecule has 1 saturated heterocycles. The van der Waals surface area contributed by atoms with Gasteiger partial charge in [0.2, 0.25) is 5.91 Å². The van der Waals surface area contributed by atoms with Crippen molar-refractivity contribution < 1.29 is 14.8 Å². The van der Waals surface area contributed by atoms with Crippen LogP contribution in [0.4, 0.5) is 5.69 Å². The van der Waals surface area contributed by atoms with Crippen LogP contribution in [0.15, 0.2) is 12.4 Å². The average Bonchev–Trinajstić information content (AvgIpc) is 2.75. The van der Waals surface area contributed by atoms with Crippen LogP contribution in [0, 0.1) is 10.1 Å². The molecule has 1 aliphatic heterocycles. The lowest BCUT2D eigenvalue weighted by molar-refractivity contribution is -0.385. The number of amides is 1. The van der Waals surface area contributed by atoms with Crippen LogP contribution in [0.3, 0.4) is 0 Å². The highest BCUT2D eigenvalue weighted by Gasteiger charge is 2.25. The first-order valence-corrected chi connectivity index (χ1v) is 6.69. The third-order valence-electron chi connectivity index (χ3n) is 3.54. The lowest BCUT2D eigenvalue weighted by atomic mass is 10.1.